The number of fused-ring (bicyclic) bond motifs is 1. The zero-order valence-corrected chi connectivity index (χ0v) is 17.6. The van der Waals surface area contributed by atoms with Gasteiger partial charge in [0, 0.05) is 22.8 Å². The van der Waals surface area contributed by atoms with E-state index in [0.29, 0.717) is 45.9 Å². The normalized spacial score (nSPS) is 11.0. The smallest absolute Gasteiger partial charge is 0.181 e. The molecule has 2 N–H and O–H groups in total. The summed E-state index contributed by atoms with van der Waals surface area (Å²) in [6, 6.07) is 15.4. The minimum absolute atomic E-state index is 0.277. The van der Waals surface area contributed by atoms with Crippen LogP contribution in [-0.2, 0) is 6.54 Å². The molecule has 0 unspecified atom stereocenters. The number of aromatic nitrogens is 5. The van der Waals surface area contributed by atoms with Crippen LogP contribution in [0.15, 0.2) is 59.5 Å². The number of nitrogen functional groups attached to an aromatic ring is 1. The molecular formula is C24H19N7O. The van der Waals surface area contributed by atoms with Crippen LogP contribution in [0, 0.1) is 25.2 Å². The van der Waals surface area contributed by atoms with E-state index in [0.717, 1.165) is 16.8 Å². The van der Waals surface area contributed by atoms with Crippen molar-refractivity contribution in [2.75, 3.05) is 5.73 Å². The van der Waals surface area contributed by atoms with E-state index in [-0.39, 0.29) is 5.82 Å². The van der Waals surface area contributed by atoms with Crippen LogP contribution in [0.25, 0.3) is 33.5 Å². The van der Waals surface area contributed by atoms with E-state index in [2.05, 4.69) is 26.1 Å². The summed E-state index contributed by atoms with van der Waals surface area (Å²) >= 11 is 0. The van der Waals surface area contributed by atoms with Crippen molar-refractivity contribution < 1.29 is 4.42 Å². The maximum Gasteiger partial charge on any atom is 0.181 e. The summed E-state index contributed by atoms with van der Waals surface area (Å²) < 4.78 is 7.54. The van der Waals surface area contributed by atoms with Crippen molar-refractivity contribution >= 4 is 16.7 Å². The molecule has 156 valence electrons. The minimum Gasteiger partial charge on any atom is -0.443 e. The first-order chi connectivity index (χ1) is 15.5. The molecule has 0 atom stereocenters. The third-order valence-electron chi connectivity index (χ3n) is 5.29. The Labute approximate surface area is 184 Å². The third-order valence-corrected chi connectivity index (χ3v) is 5.29. The molecular weight excluding hydrogens is 402 g/mol. The van der Waals surface area contributed by atoms with E-state index in [4.69, 9.17) is 10.2 Å². The van der Waals surface area contributed by atoms with Crippen LogP contribution in [0.5, 0.6) is 0 Å². The Bertz CT molecular complexity index is 1510. The fourth-order valence-corrected chi connectivity index (χ4v) is 3.84. The number of nitrogens with two attached hydrogens (primary N) is 1. The second-order valence-electron chi connectivity index (χ2n) is 7.50. The molecule has 0 aliphatic carbocycles. The van der Waals surface area contributed by atoms with E-state index in [1.54, 1.807) is 10.7 Å². The second-order valence-corrected chi connectivity index (χ2v) is 7.50. The van der Waals surface area contributed by atoms with Gasteiger partial charge in [-0.1, -0.05) is 24.3 Å². The summed E-state index contributed by atoms with van der Waals surface area (Å²) in [7, 11) is 0. The predicted octanol–water partition coefficient (Wildman–Crippen LogP) is 4.27. The molecule has 8 nitrogen and oxygen atoms in total. The van der Waals surface area contributed by atoms with Crippen molar-refractivity contribution in [2.45, 2.75) is 20.4 Å². The molecule has 0 aliphatic heterocycles. The quantitative estimate of drug-likeness (QED) is 0.460. The van der Waals surface area contributed by atoms with Gasteiger partial charge >= 0.3 is 0 Å². The van der Waals surface area contributed by atoms with E-state index in [1.807, 2.05) is 56.4 Å². The molecule has 1 aromatic carbocycles. The molecule has 0 radical (unpaired) electrons. The lowest BCUT2D eigenvalue weighted by Gasteiger charge is -2.11. The summed E-state index contributed by atoms with van der Waals surface area (Å²) in [4.78, 5) is 13.5. The molecule has 4 heterocycles. The van der Waals surface area contributed by atoms with Crippen molar-refractivity contribution in [3.8, 4) is 28.7 Å². The Morgan fingerprint density at radius 3 is 2.69 bits per heavy atom. The van der Waals surface area contributed by atoms with Crippen LogP contribution in [0.1, 0.15) is 22.6 Å². The minimum atomic E-state index is 0.277. The lowest BCUT2D eigenvalue weighted by atomic mass is 9.96. The monoisotopic (exact) mass is 421 g/mol. The van der Waals surface area contributed by atoms with Crippen molar-refractivity contribution in [1.82, 2.24) is 24.7 Å². The number of anilines is 1. The summed E-state index contributed by atoms with van der Waals surface area (Å²) in [6.07, 6.45) is 3.31. The zero-order valence-electron chi connectivity index (χ0n) is 17.6. The van der Waals surface area contributed by atoms with Gasteiger partial charge in [-0.25, -0.2) is 9.97 Å². The summed E-state index contributed by atoms with van der Waals surface area (Å²) in [5.41, 5.74) is 11.9. The fourth-order valence-electron chi connectivity index (χ4n) is 3.84. The van der Waals surface area contributed by atoms with Crippen LogP contribution in [0.2, 0.25) is 0 Å². The van der Waals surface area contributed by atoms with Gasteiger partial charge in [0.15, 0.2) is 18.0 Å². The van der Waals surface area contributed by atoms with E-state index in [1.165, 1.54) is 6.39 Å². The van der Waals surface area contributed by atoms with Gasteiger partial charge in [-0.15, -0.1) is 0 Å². The highest BCUT2D eigenvalue weighted by Crippen LogP contribution is 2.40. The molecule has 0 bridgehead atoms. The van der Waals surface area contributed by atoms with Crippen molar-refractivity contribution in [2.24, 2.45) is 0 Å². The fraction of sp³-hybridized carbons (Fsp3) is 0.125. The summed E-state index contributed by atoms with van der Waals surface area (Å²) in [5, 5.41) is 15.1. The van der Waals surface area contributed by atoms with Crippen LogP contribution in [0.3, 0.4) is 0 Å². The van der Waals surface area contributed by atoms with Gasteiger partial charge in [0.25, 0.3) is 0 Å². The number of hydrogen-bond donors (Lipinski definition) is 1. The SMILES string of the molecule is Cc1cccc(Cn2cc3c(-c4ocnc4C)c(-c4ccccc4C#N)nc(N)c3n2)n1. The first kappa shape index (κ1) is 19.5. The van der Waals surface area contributed by atoms with Gasteiger partial charge in [0.2, 0.25) is 0 Å². The van der Waals surface area contributed by atoms with Gasteiger partial charge in [-0.3, -0.25) is 9.67 Å². The molecule has 0 fully saturated rings. The largest absolute Gasteiger partial charge is 0.443 e. The average Bonchev–Trinajstić information content (AvgIpc) is 3.40. The highest BCUT2D eigenvalue weighted by atomic mass is 16.3. The molecule has 0 amide bonds. The van der Waals surface area contributed by atoms with Gasteiger partial charge in [0.05, 0.1) is 40.8 Å². The standard InChI is InChI=1S/C24H19N7O/c1-14-6-5-8-17(28-14)11-31-12-19-20(23-15(2)27-13-32-23)21(29-24(26)22(19)30-31)18-9-4-3-7-16(18)10-25/h3-9,12-13H,11H2,1-2H3,(H2,26,29). The van der Waals surface area contributed by atoms with Crippen LogP contribution in [-0.4, -0.2) is 24.7 Å². The number of pyridine rings is 2. The first-order valence-electron chi connectivity index (χ1n) is 10.0. The Balaban J connectivity index is 1.78. The van der Waals surface area contributed by atoms with Gasteiger partial charge in [0.1, 0.15) is 5.52 Å². The number of nitrogens with zero attached hydrogens (tertiary/aromatic N) is 6. The second kappa shape index (κ2) is 7.63. The highest BCUT2D eigenvalue weighted by Gasteiger charge is 2.24. The number of aryl methyl sites for hydroxylation is 2. The van der Waals surface area contributed by atoms with E-state index >= 15 is 0 Å². The lowest BCUT2D eigenvalue weighted by molar-refractivity contribution is 0.572. The number of oxazole rings is 1. The molecule has 0 saturated carbocycles. The topological polar surface area (TPSA) is 119 Å². The number of nitriles is 1. The summed E-state index contributed by atoms with van der Waals surface area (Å²) in [5.74, 6) is 0.845. The Kier molecular flexibility index (Phi) is 4.64. The van der Waals surface area contributed by atoms with Crippen molar-refractivity contribution in [3.05, 3.63) is 77.7 Å². The van der Waals surface area contributed by atoms with Gasteiger partial charge in [-0.05, 0) is 32.0 Å². The zero-order chi connectivity index (χ0) is 22.2. The molecule has 5 aromatic rings. The molecule has 0 spiro atoms. The van der Waals surface area contributed by atoms with Gasteiger partial charge in [-0.2, -0.15) is 10.4 Å². The molecule has 8 heteroatoms. The number of rotatable bonds is 4. The summed E-state index contributed by atoms with van der Waals surface area (Å²) in [6.45, 7) is 4.30. The molecule has 5 rings (SSSR count). The average molecular weight is 421 g/mol. The highest BCUT2D eigenvalue weighted by molar-refractivity contribution is 6.04. The number of hydrogen-bond acceptors (Lipinski definition) is 7. The third kappa shape index (κ3) is 3.26. The van der Waals surface area contributed by atoms with Crippen molar-refractivity contribution in [1.29, 1.82) is 5.26 Å². The molecule has 4 aromatic heterocycles. The molecule has 32 heavy (non-hydrogen) atoms. The van der Waals surface area contributed by atoms with Crippen LogP contribution in [0.4, 0.5) is 5.82 Å². The van der Waals surface area contributed by atoms with E-state index in [9.17, 15) is 5.26 Å². The van der Waals surface area contributed by atoms with Crippen LogP contribution < -0.4 is 5.73 Å². The van der Waals surface area contributed by atoms with Gasteiger partial charge < -0.3 is 10.2 Å². The van der Waals surface area contributed by atoms with Crippen molar-refractivity contribution in [3.63, 3.8) is 0 Å². The molecule has 0 aliphatic rings. The van der Waals surface area contributed by atoms with E-state index < -0.39 is 0 Å². The Hall–Kier alpha value is -4.51. The maximum atomic E-state index is 9.66. The Morgan fingerprint density at radius 2 is 1.94 bits per heavy atom. The van der Waals surface area contributed by atoms with Crippen LogP contribution >= 0.6 is 0 Å². The maximum absolute atomic E-state index is 9.66. The number of benzene rings is 1. The first-order valence-corrected chi connectivity index (χ1v) is 10.0. The molecule has 0 saturated heterocycles. The predicted molar refractivity (Wildman–Crippen MR) is 120 cm³/mol. The Morgan fingerprint density at radius 1 is 1.09 bits per heavy atom. The lowest BCUT2D eigenvalue weighted by Crippen LogP contribution is -2.03.